The monoisotopic (exact) mass is 333 g/mol. The summed E-state index contributed by atoms with van der Waals surface area (Å²) in [4.78, 5) is 10.4. The van der Waals surface area contributed by atoms with Crippen molar-refractivity contribution in [1.29, 1.82) is 0 Å². The number of hydrogen-bond acceptors (Lipinski definition) is 4. The third-order valence-corrected chi connectivity index (χ3v) is 4.65. The fourth-order valence-corrected chi connectivity index (χ4v) is 3.05. The molecule has 3 rings (SSSR count). The van der Waals surface area contributed by atoms with Crippen molar-refractivity contribution in [2.24, 2.45) is 5.41 Å². The Labute approximate surface area is 118 Å². The van der Waals surface area contributed by atoms with E-state index in [1.807, 2.05) is 4.90 Å². The standard InChI is InChI=1S/C12H14BrF2N3O/c1-19-9-8(13)6-16-10(17-9)18-4-2-11(3-5-18)7-12(11,14)15/h6H,2-5,7H2,1H3. The number of halogens is 3. The van der Waals surface area contributed by atoms with Gasteiger partial charge in [-0.3, -0.25) is 0 Å². The van der Waals surface area contributed by atoms with Crippen LogP contribution >= 0.6 is 15.9 Å². The highest BCUT2D eigenvalue weighted by molar-refractivity contribution is 9.10. The van der Waals surface area contributed by atoms with Gasteiger partial charge >= 0.3 is 0 Å². The molecule has 1 aliphatic heterocycles. The zero-order valence-electron chi connectivity index (χ0n) is 10.5. The first-order valence-corrected chi connectivity index (χ1v) is 6.96. The highest BCUT2D eigenvalue weighted by Crippen LogP contribution is 2.65. The van der Waals surface area contributed by atoms with E-state index in [0.29, 0.717) is 42.2 Å². The van der Waals surface area contributed by atoms with Crippen LogP contribution in [-0.2, 0) is 0 Å². The van der Waals surface area contributed by atoms with E-state index in [2.05, 4.69) is 25.9 Å². The van der Waals surface area contributed by atoms with Crippen LogP contribution in [0.4, 0.5) is 14.7 Å². The fourth-order valence-electron chi connectivity index (χ4n) is 2.70. The number of alkyl halides is 2. The molecule has 1 saturated heterocycles. The molecule has 1 saturated carbocycles. The molecule has 1 aliphatic carbocycles. The maximum atomic E-state index is 13.3. The van der Waals surface area contributed by atoms with Gasteiger partial charge in [0.2, 0.25) is 11.8 Å². The molecule has 0 amide bonds. The van der Waals surface area contributed by atoms with E-state index in [0.717, 1.165) is 0 Å². The smallest absolute Gasteiger partial charge is 0.254 e. The van der Waals surface area contributed by atoms with Gasteiger partial charge in [-0.2, -0.15) is 4.98 Å². The van der Waals surface area contributed by atoms with E-state index in [9.17, 15) is 8.78 Å². The summed E-state index contributed by atoms with van der Waals surface area (Å²) in [5.41, 5.74) is -0.747. The first-order valence-electron chi connectivity index (χ1n) is 6.17. The van der Waals surface area contributed by atoms with Crippen LogP contribution in [0.5, 0.6) is 5.88 Å². The molecule has 0 aromatic carbocycles. The third kappa shape index (κ3) is 2.07. The highest BCUT2D eigenvalue weighted by Gasteiger charge is 2.70. The molecule has 0 unspecified atom stereocenters. The van der Waals surface area contributed by atoms with Gasteiger partial charge in [0, 0.05) is 24.9 Å². The Balaban J connectivity index is 1.72. The summed E-state index contributed by atoms with van der Waals surface area (Å²) < 4.78 is 32.4. The molecule has 0 N–H and O–H groups in total. The highest BCUT2D eigenvalue weighted by atomic mass is 79.9. The quantitative estimate of drug-likeness (QED) is 0.834. The summed E-state index contributed by atoms with van der Waals surface area (Å²) in [6.45, 7) is 1.14. The van der Waals surface area contributed by atoms with Crippen molar-refractivity contribution >= 4 is 21.9 Å². The number of ether oxygens (including phenoxy) is 1. The molecule has 0 atom stereocenters. The van der Waals surface area contributed by atoms with Gasteiger partial charge in [0.25, 0.3) is 5.92 Å². The van der Waals surface area contributed by atoms with Crippen molar-refractivity contribution in [2.75, 3.05) is 25.1 Å². The predicted octanol–water partition coefficient (Wildman–Crippen LogP) is 2.87. The maximum absolute atomic E-state index is 13.3. The Morgan fingerprint density at radius 2 is 2.00 bits per heavy atom. The third-order valence-electron chi connectivity index (χ3n) is 4.11. The molecule has 2 fully saturated rings. The Morgan fingerprint density at radius 3 is 2.53 bits per heavy atom. The minimum Gasteiger partial charge on any atom is -0.480 e. The second-order valence-electron chi connectivity index (χ2n) is 5.18. The molecule has 0 radical (unpaired) electrons. The van der Waals surface area contributed by atoms with Crippen molar-refractivity contribution in [3.8, 4) is 5.88 Å². The zero-order chi connectivity index (χ0) is 13.7. The van der Waals surface area contributed by atoms with E-state index in [1.165, 1.54) is 7.11 Å². The van der Waals surface area contributed by atoms with Crippen molar-refractivity contribution in [2.45, 2.75) is 25.2 Å². The van der Waals surface area contributed by atoms with Crippen molar-refractivity contribution in [3.05, 3.63) is 10.7 Å². The number of rotatable bonds is 2. The minimum absolute atomic E-state index is 0.0400. The maximum Gasteiger partial charge on any atom is 0.254 e. The second-order valence-corrected chi connectivity index (χ2v) is 6.03. The Morgan fingerprint density at radius 1 is 1.37 bits per heavy atom. The lowest BCUT2D eigenvalue weighted by atomic mass is 9.93. The predicted molar refractivity (Wildman–Crippen MR) is 69.7 cm³/mol. The van der Waals surface area contributed by atoms with Gasteiger partial charge in [0.15, 0.2) is 0 Å². The number of hydrogen-bond donors (Lipinski definition) is 0. The number of anilines is 1. The van der Waals surface area contributed by atoms with Crippen LogP contribution < -0.4 is 9.64 Å². The molecule has 1 aromatic heterocycles. The largest absolute Gasteiger partial charge is 0.480 e. The lowest BCUT2D eigenvalue weighted by Gasteiger charge is -2.32. The molecule has 1 spiro atoms. The molecule has 4 nitrogen and oxygen atoms in total. The van der Waals surface area contributed by atoms with E-state index in [-0.39, 0.29) is 6.42 Å². The van der Waals surface area contributed by atoms with Crippen molar-refractivity contribution in [3.63, 3.8) is 0 Å². The van der Waals surface area contributed by atoms with Crippen molar-refractivity contribution < 1.29 is 13.5 Å². The molecular formula is C12H14BrF2N3O. The van der Waals surface area contributed by atoms with Crippen LogP contribution in [-0.4, -0.2) is 36.1 Å². The first-order chi connectivity index (χ1) is 8.97. The molecular weight excluding hydrogens is 320 g/mol. The van der Waals surface area contributed by atoms with E-state index < -0.39 is 11.3 Å². The van der Waals surface area contributed by atoms with Gasteiger partial charge < -0.3 is 9.64 Å². The van der Waals surface area contributed by atoms with Crippen LogP contribution in [0.2, 0.25) is 0 Å². The van der Waals surface area contributed by atoms with Gasteiger partial charge in [0.05, 0.1) is 17.8 Å². The van der Waals surface area contributed by atoms with Gasteiger partial charge in [-0.05, 0) is 28.8 Å². The summed E-state index contributed by atoms with van der Waals surface area (Å²) in [7, 11) is 1.53. The molecule has 0 bridgehead atoms. The molecule has 1 aromatic rings. The molecule has 19 heavy (non-hydrogen) atoms. The van der Waals surface area contributed by atoms with Crippen LogP contribution in [0, 0.1) is 5.41 Å². The van der Waals surface area contributed by atoms with Gasteiger partial charge in [0.1, 0.15) is 0 Å². The Bertz CT molecular complexity index is 504. The normalized spacial score (nSPS) is 23.5. The summed E-state index contributed by atoms with van der Waals surface area (Å²) in [5, 5.41) is 0. The van der Waals surface area contributed by atoms with Crippen LogP contribution in [0.25, 0.3) is 0 Å². The summed E-state index contributed by atoms with van der Waals surface area (Å²) in [5.74, 6) is -1.46. The zero-order valence-corrected chi connectivity index (χ0v) is 12.1. The second kappa shape index (κ2) is 4.26. The average Bonchev–Trinajstić information content (AvgIpc) is 2.92. The SMILES string of the molecule is COc1nc(N2CCC3(CC2)CC3(F)F)ncc1Br. The topological polar surface area (TPSA) is 38.2 Å². The fraction of sp³-hybridized carbons (Fsp3) is 0.667. The lowest BCUT2D eigenvalue weighted by Crippen LogP contribution is -2.37. The van der Waals surface area contributed by atoms with E-state index in [4.69, 9.17) is 4.74 Å². The van der Waals surface area contributed by atoms with Crippen LogP contribution in [0.15, 0.2) is 10.7 Å². The minimum atomic E-state index is -2.46. The summed E-state index contributed by atoms with van der Waals surface area (Å²) in [6.07, 6.45) is 2.67. The Hall–Kier alpha value is -0.980. The lowest BCUT2D eigenvalue weighted by molar-refractivity contribution is 0.0536. The summed E-state index contributed by atoms with van der Waals surface area (Å²) >= 11 is 3.29. The number of nitrogens with zero attached hydrogens (tertiary/aromatic N) is 3. The molecule has 104 valence electrons. The van der Waals surface area contributed by atoms with Crippen LogP contribution in [0.3, 0.4) is 0 Å². The van der Waals surface area contributed by atoms with Gasteiger partial charge in [-0.1, -0.05) is 0 Å². The number of methoxy groups -OCH3 is 1. The van der Waals surface area contributed by atoms with Gasteiger partial charge in [-0.25, -0.2) is 13.8 Å². The van der Waals surface area contributed by atoms with E-state index >= 15 is 0 Å². The number of piperidine rings is 1. The molecule has 2 heterocycles. The summed E-state index contributed by atoms with van der Waals surface area (Å²) in [6, 6.07) is 0. The van der Waals surface area contributed by atoms with Crippen molar-refractivity contribution in [1.82, 2.24) is 9.97 Å². The van der Waals surface area contributed by atoms with E-state index in [1.54, 1.807) is 6.20 Å². The Kier molecular flexibility index (Phi) is 2.92. The molecule has 2 aliphatic rings. The number of aromatic nitrogens is 2. The average molecular weight is 334 g/mol. The van der Waals surface area contributed by atoms with Crippen LogP contribution in [0.1, 0.15) is 19.3 Å². The van der Waals surface area contributed by atoms with Gasteiger partial charge in [-0.15, -0.1) is 0 Å². The molecule has 7 heteroatoms. The first kappa shape index (κ1) is 13.0.